The first-order valence-corrected chi connectivity index (χ1v) is 20.0. The van der Waals surface area contributed by atoms with E-state index in [1.165, 1.54) is 25.3 Å². The number of anilines is 1. The van der Waals surface area contributed by atoms with Crippen LogP contribution in [0.3, 0.4) is 0 Å². The van der Waals surface area contributed by atoms with Gasteiger partial charge in [0, 0.05) is 67.2 Å². The average Bonchev–Trinajstić information content (AvgIpc) is 3.59. The Balaban J connectivity index is 1.17. The van der Waals surface area contributed by atoms with Crippen LogP contribution in [0.15, 0.2) is 47.6 Å². The number of fused-ring (bicyclic) bond motifs is 3. The molecule has 332 valence electrons. The largest absolute Gasteiger partial charge is 0.507 e. The molecule has 3 aromatic carbocycles. The van der Waals surface area contributed by atoms with Crippen LogP contribution in [0.25, 0.3) is 0 Å². The highest BCUT2D eigenvalue weighted by Gasteiger charge is 2.50. The normalized spacial score (nSPS) is 27.3. The molecular weight excluding hydrogens is 834 g/mol. The maximum Gasteiger partial charge on any atom is 0.274 e. The fraction of sp³-hybridized carbons (Fsp3) is 0.395. The fourth-order valence-corrected chi connectivity index (χ4v) is 9.05. The Morgan fingerprint density at radius 1 is 1.00 bits per heavy atom. The molecule has 63 heavy (non-hydrogen) atoms. The van der Waals surface area contributed by atoms with Crippen molar-refractivity contribution in [3.63, 3.8) is 0 Å². The van der Waals surface area contributed by atoms with Crippen molar-refractivity contribution >= 4 is 40.7 Å². The highest BCUT2D eigenvalue weighted by atomic mass is 19.2. The van der Waals surface area contributed by atoms with Crippen LogP contribution < -0.4 is 15.1 Å². The van der Waals surface area contributed by atoms with E-state index in [1.807, 2.05) is 17.2 Å². The number of phenols is 2. The van der Waals surface area contributed by atoms with Gasteiger partial charge >= 0.3 is 0 Å². The van der Waals surface area contributed by atoms with E-state index in [1.54, 1.807) is 6.92 Å². The second kappa shape index (κ2) is 16.6. The number of hydrazone groups is 1. The fourth-order valence-electron chi connectivity index (χ4n) is 9.05. The lowest BCUT2D eigenvalue weighted by molar-refractivity contribution is -0.260. The van der Waals surface area contributed by atoms with Crippen LogP contribution in [0.1, 0.15) is 86.1 Å². The Labute approximate surface area is 356 Å². The van der Waals surface area contributed by atoms with E-state index in [4.69, 9.17) is 18.9 Å². The van der Waals surface area contributed by atoms with E-state index < -0.39 is 136 Å². The average molecular weight is 877 g/mol. The van der Waals surface area contributed by atoms with Crippen molar-refractivity contribution in [1.29, 1.82) is 0 Å². The third-order valence-corrected chi connectivity index (χ3v) is 12.1. The summed E-state index contributed by atoms with van der Waals surface area (Å²) in [6.45, 7) is 3.78. The molecule has 8 rings (SSSR count). The molecule has 20 heteroatoms. The summed E-state index contributed by atoms with van der Waals surface area (Å²) in [5.74, 6) is -9.97. The number of nitrogens with one attached hydrogen (secondary N) is 1. The topological polar surface area (TPSA) is 254 Å². The van der Waals surface area contributed by atoms with Gasteiger partial charge < -0.3 is 44.5 Å². The molecule has 1 unspecified atom stereocenters. The van der Waals surface area contributed by atoms with E-state index in [0.717, 1.165) is 24.3 Å². The van der Waals surface area contributed by atoms with Gasteiger partial charge in [-0.25, -0.2) is 19.1 Å². The van der Waals surface area contributed by atoms with Crippen LogP contribution in [0.4, 0.5) is 14.5 Å². The van der Waals surface area contributed by atoms with Crippen molar-refractivity contribution < 1.29 is 77.2 Å². The lowest BCUT2D eigenvalue weighted by atomic mass is 9.71. The van der Waals surface area contributed by atoms with E-state index >= 15 is 8.78 Å². The van der Waals surface area contributed by atoms with E-state index in [-0.39, 0.29) is 40.5 Å². The van der Waals surface area contributed by atoms with Gasteiger partial charge in [-0.3, -0.25) is 28.9 Å². The molecule has 5 aliphatic rings. The van der Waals surface area contributed by atoms with Gasteiger partial charge in [-0.05, 0) is 32.0 Å². The molecule has 3 amide bonds. The number of hydrogen-bond donors (Lipinski definition) is 6. The van der Waals surface area contributed by atoms with Gasteiger partial charge in [0.1, 0.15) is 22.8 Å². The van der Waals surface area contributed by atoms with Gasteiger partial charge in [-0.1, -0.05) is 12.1 Å². The number of carbonyl (C=O) groups is 5. The predicted octanol–water partition coefficient (Wildman–Crippen LogP) is 1.69. The first-order chi connectivity index (χ1) is 30.0. The number of aliphatic hydroxyl groups excluding tert-OH is 2. The van der Waals surface area contributed by atoms with Crippen molar-refractivity contribution in [2.24, 2.45) is 5.10 Å². The number of rotatable bonds is 9. The molecule has 2 saturated heterocycles. The highest BCUT2D eigenvalue weighted by molar-refractivity contribution is 6.31. The number of ketones is 2. The maximum atomic E-state index is 15.3. The Morgan fingerprint density at radius 2 is 1.71 bits per heavy atom. The number of ether oxygens (including phenoxy) is 4. The molecule has 0 saturated carbocycles. The van der Waals surface area contributed by atoms with Gasteiger partial charge in [0.15, 0.2) is 23.7 Å². The second-order valence-electron chi connectivity index (χ2n) is 15.9. The number of benzene rings is 3. The number of aliphatic hydroxyl groups is 3. The molecule has 3 aromatic rings. The first-order valence-electron chi connectivity index (χ1n) is 20.0. The lowest BCUT2D eigenvalue weighted by Gasteiger charge is -2.47. The molecule has 6 N–H and O–H groups in total. The van der Waals surface area contributed by atoms with Crippen LogP contribution >= 0.6 is 0 Å². The van der Waals surface area contributed by atoms with E-state index in [2.05, 4.69) is 5.10 Å². The number of nitrogens with zero attached hydrogens (tertiary/aromatic N) is 3. The van der Waals surface area contributed by atoms with E-state index in [0.29, 0.717) is 24.6 Å². The summed E-state index contributed by atoms with van der Waals surface area (Å²) in [6.07, 6.45) is -4.17. The predicted molar refractivity (Wildman–Crippen MR) is 212 cm³/mol. The minimum Gasteiger partial charge on any atom is -0.507 e. The molecule has 3 heterocycles. The van der Waals surface area contributed by atoms with Crippen LogP contribution in [-0.2, 0) is 30.2 Å². The minimum absolute atomic E-state index is 0.0282. The van der Waals surface area contributed by atoms with Crippen molar-refractivity contribution in [2.75, 3.05) is 38.3 Å². The quantitative estimate of drug-likeness (QED) is 0.0606. The zero-order chi connectivity index (χ0) is 45.2. The third kappa shape index (κ3) is 7.36. The molecule has 18 nitrogen and oxygen atoms in total. The monoisotopic (exact) mass is 876 g/mol. The smallest absolute Gasteiger partial charge is 0.274 e. The number of amides is 3. The van der Waals surface area contributed by atoms with Gasteiger partial charge in [-0.2, -0.15) is 5.10 Å². The maximum absolute atomic E-state index is 15.3. The number of phenolic OH excluding ortho intramolecular Hbond substituents is 2. The van der Waals surface area contributed by atoms with Crippen LogP contribution in [0.2, 0.25) is 0 Å². The molecule has 0 radical (unpaired) electrons. The summed E-state index contributed by atoms with van der Waals surface area (Å²) in [4.78, 5) is 68.1. The van der Waals surface area contributed by atoms with Crippen molar-refractivity contribution in [3.8, 4) is 17.2 Å². The molecule has 2 aliphatic carbocycles. The molecule has 0 aromatic heterocycles. The van der Waals surface area contributed by atoms with E-state index in [9.17, 15) is 49.5 Å². The van der Waals surface area contributed by atoms with Gasteiger partial charge in [0.25, 0.3) is 17.7 Å². The van der Waals surface area contributed by atoms with Gasteiger partial charge in [-0.15, -0.1) is 0 Å². The van der Waals surface area contributed by atoms with Crippen molar-refractivity contribution in [1.82, 2.24) is 10.3 Å². The molecule has 0 spiro atoms. The first kappa shape index (κ1) is 43.6. The number of methoxy groups -OCH3 is 1. The summed E-state index contributed by atoms with van der Waals surface area (Å²) in [5.41, 5.74) is -4.68. The summed E-state index contributed by atoms with van der Waals surface area (Å²) >= 11 is 0. The Bertz CT molecular complexity index is 2510. The zero-order valence-electron chi connectivity index (χ0n) is 34.0. The van der Waals surface area contributed by atoms with Gasteiger partial charge in [0.2, 0.25) is 5.78 Å². The van der Waals surface area contributed by atoms with Crippen LogP contribution in [0.5, 0.6) is 17.2 Å². The summed E-state index contributed by atoms with van der Waals surface area (Å²) in [5, 5.41) is 62.1. The van der Waals surface area contributed by atoms with Crippen LogP contribution in [-0.4, -0.2) is 135 Å². The van der Waals surface area contributed by atoms with Crippen molar-refractivity contribution in [2.45, 2.75) is 75.5 Å². The molecule has 2 fully saturated rings. The zero-order valence-corrected chi connectivity index (χ0v) is 34.0. The number of morpholine rings is 1. The number of halogens is 2. The molecule has 0 bridgehead atoms. The number of hydrogen-bond acceptors (Lipinski definition) is 16. The Kier molecular flexibility index (Phi) is 11.5. The minimum atomic E-state index is -2.41. The Hall–Kier alpha value is -6.00. The third-order valence-electron chi connectivity index (χ3n) is 12.1. The SMILES string of the molecule is COc1cccc2c1C(=O)c1c(O)c3c(c(O)c1C2=O)C[C@@](O)(/C(CO)=N/NC(=O)c1ccc(N2C(=O)C=CC2=O)c(F)c1F)C[C@@H]3O[C@H]1CC(N2CCO[C@H](C)C2)[C@H](O)[C@H](C)O1. The molecular formula is C43H42F2N4O14. The summed E-state index contributed by atoms with van der Waals surface area (Å²) in [7, 11) is 1.29. The van der Waals surface area contributed by atoms with Crippen LogP contribution in [0, 0.1) is 11.6 Å². The van der Waals surface area contributed by atoms with Crippen molar-refractivity contribution in [3.05, 3.63) is 93.1 Å². The number of carbonyl (C=O) groups excluding carboxylic acids is 5. The molecule has 3 aliphatic heterocycles. The summed E-state index contributed by atoms with van der Waals surface area (Å²) in [6, 6.07) is 5.34. The van der Waals surface area contributed by atoms with Gasteiger partial charge in [0.05, 0.1) is 78.4 Å². The number of imide groups is 1. The second-order valence-corrected chi connectivity index (χ2v) is 15.9. The standard InChI is InChI=1S/C43H42F2N4O14/c1-18-16-48(11-12-61-18)24-13-30(62-19(2)37(24)53)63-26-15-43(59,27(17-50)46-47-42(58)21-7-8-23(36(45)35(21)44)49-28(51)9-10-29(49)52)14-22-32(26)41(57)34-33(39(22)55)38(54)20-5-4-6-25(60-3)31(20)40(34)56/h4-10,18-19,24,26,30,37,50,53,55,57,59H,11-17H2,1-3H3,(H,47,58)/b46-27+/t18-,19+,24?,26+,30+,37-,43+/m1/s1. The lowest BCUT2D eigenvalue weighted by Crippen LogP contribution is -2.59. The highest BCUT2D eigenvalue weighted by Crippen LogP contribution is 2.53. The number of aromatic hydroxyl groups is 2. The summed E-state index contributed by atoms with van der Waals surface area (Å²) < 4.78 is 54.1. The molecule has 7 atom stereocenters. The Morgan fingerprint density at radius 3 is 2.40 bits per heavy atom.